The topological polar surface area (TPSA) is 47.3 Å². The fraction of sp³-hybridized carbons (Fsp3) is 0.500. The molecule has 0 radical (unpaired) electrons. The highest BCUT2D eigenvalue weighted by molar-refractivity contribution is 5.62. The zero-order valence-corrected chi connectivity index (χ0v) is 10.2. The Bertz CT molecular complexity index is 372. The van der Waals surface area contributed by atoms with Crippen LogP contribution in [0.3, 0.4) is 0 Å². The molecule has 90 valence electrons. The summed E-state index contributed by atoms with van der Waals surface area (Å²) in [6, 6.07) is 2.85. The van der Waals surface area contributed by atoms with Crippen molar-refractivity contribution in [1.29, 1.82) is 0 Å². The molecule has 0 aromatic heterocycles. The van der Waals surface area contributed by atoms with Gasteiger partial charge in [0.05, 0.1) is 18.5 Å². The Hall–Kier alpha value is -1.45. The van der Waals surface area contributed by atoms with E-state index in [-0.39, 0.29) is 11.2 Å². The molecule has 0 spiro atoms. The van der Waals surface area contributed by atoms with Crippen LogP contribution in [0.15, 0.2) is 12.1 Å². The molecule has 0 saturated carbocycles. The number of anilines is 2. The molecule has 0 aliphatic carbocycles. The van der Waals surface area contributed by atoms with Gasteiger partial charge in [0.1, 0.15) is 11.6 Å². The first-order valence-electron chi connectivity index (χ1n) is 5.20. The summed E-state index contributed by atoms with van der Waals surface area (Å²) in [5, 5.41) is 3.04. The molecule has 16 heavy (non-hydrogen) atoms. The highest BCUT2D eigenvalue weighted by atomic mass is 19.1. The van der Waals surface area contributed by atoms with Crippen LogP contribution in [0, 0.1) is 11.2 Å². The van der Waals surface area contributed by atoms with Crippen LogP contribution in [0.5, 0.6) is 5.75 Å². The number of methoxy groups -OCH3 is 1. The first-order valence-corrected chi connectivity index (χ1v) is 5.20. The molecule has 1 aromatic carbocycles. The molecular weight excluding hydrogens is 207 g/mol. The summed E-state index contributed by atoms with van der Waals surface area (Å²) in [4.78, 5) is 0. The fourth-order valence-corrected chi connectivity index (χ4v) is 1.24. The Morgan fingerprint density at radius 2 is 2.00 bits per heavy atom. The van der Waals surface area contributed by atoms with Gasteiger partial charge >= 0.3 is 0 Å². The number of rotatable bonds is 3. The first-order chi connectivity index (χ1) is 7.33. The number of ether oxygens (including phenoxy) is 1. The SMILES string of the molecule is COc1cc(NCC(C)(C)C)c(F)cc1N. The van der Waals surface area contributed by atoms with E-state index in [2.05, 4.69) is 26.1 Å². The molecule has 0 amide bonds. The van der Waals surface area contributed by atoms with Gasteiger partial charge in [-0.3, -0.25) is 0 Å². The molecule has 0 bridgehead atoms. The third-order valence-electron chi connectivity index (χ3n) is 2.13. The van der Waals surface area contributed by atoms with Crippen LogP contribution >= 0.6 is 0 Å². The van der Waals surface area contributed by atoms with Crippen LogP contribution in [0.2, 0.25) is 0 Å². The average Bonchev–Trinajstić information content (AvgIpc) is 2.15. The number of hydrogen-bond donors (Lipinski definition) is 2. The lowest BCUT2D eigenvalue weighted by atomic mass is 9.97. The van der Waals surface area contributed by atoms with Crippen LogP contribution in [-0.4, -0.2) is 13.7 Å². The second kappa shape index (κ2) is 4.60. The highest BCUT2D eigenvalue weighted by Crippen LogP contribution is 2.28. The summed E-state index contributed by atoms with van der Waals surface area (Å²) < 4.78 is 18.6. The largest absolute Gasteiger partial charge is 0.495 e. The fourth-order valence-electron chi connectivity index (χ4n) is 1.24. The van der Waals surface area contributed by atoms with Crippen molar-refractivity contribution in [3.63, 3.8) is 0 Å². The number of benzene rings is 1. The minimum Gasteiger partial charge on any atom is -0.495 e. The molecule has 1 rings (SSSR count). The second-order valence-corrected chi connectivity index (χ2v) is 4.99. The molecule has 0 atom stereocenters. The Morgan fingerprint density at radius 1 is 1.38 bits per heavy atom. The summed E-state index contributed by atoms with van der Waals surface area (Å²) in [7, 11) is 1.51. The van der Waals surface area contributed by atoms with E-state index in [4.69, 9.17) is 10.5 Å². The van der Waals surface area contributed by atoms with E-state index in [1.165, 1.54) is 13.2 Å². The van der Waals surface area contributed by atoms with E-state index >= 15 is 0 Å². The number of nitrogen functional groups attached to an aromatic ring is 1. The summed E-state index contributed by atoms with van der Waals surface area (Å²) in [6.07, 6.45) is 0. The zero-order valence-electron chi connectivity index (χ0n) is 10.2. The van der Waals surface area contributed by atoms with Crippen LogP contribution in [-0.2, 0) is 0 Å². The van der Waals surface area contributed by atoms with Gasteiger partial charge in [0.2, 0.25) is 0 Å². The quantitative estimate of drug-likeness (QED) is 0.779. The summed E-state index contributed by atoms with van der Waals surface area (Å²) >= 11 is 0. The molecule has 1 aromatic rings. The standard InChI is InChI=1S/C12H19FN2O/c1-12(2,3)7-15-10-6-11(16-4)9(14)5-8(10)13/h5-6,15H,7,14H2,1-4H3. The predicted molar refractivity (Wildman–Crippen MR) is 65.3 cm³/mol. The minimum atomic E-state index is -0.359. The lowest BCUT2D eigenvalue weighted by Gasteiger charge is -2.20. The van der Waals surface area contributed by atoms with E-state index in [1.54, 1.807) is 6.07 Å². The van der Waals surface area contributed by atoms with Crippen LogP contribution < -0.4 is 15.8 Å². The molecule has 0 aliphatic rings. The van der Waals surface area contributed by atoms with Crippen molar-refractivity contribution in [1.82, 2.24) is 0 Å². The molecule has 0 heterocycles. The van der Waals surface area contributed by atoms with Crippen molar-refractivity contribution >= 4 is 11.4 Å². The maximum atomic E-state index is 13.5. The van der Waals surface area contributed by atoms with Gasteiger partial charge in [-0.1, -0.05) is 20.8 Å². The zero-order chi connectivity index (χ0) is 12.3. The minimum absolute atomic E-state index is 0.0844. The molecular formula is C12H19FN2O. The average molecular weight is 226 g/mol. The molecule has 0 aliphatic heterocycles. The van der Waals surface area contributed by atoms with Crippen LogP contribution in [0.25, 0.3) is 0 Å². The van der Waals surface area contributed by atoms with Crippen LogP contribution in [0.1, 0.15) is 20.8 Å². The van der Waals surface area contributed by atoms with Crippen molar-refractivity contribution in [3.05, 3.63) is 17.9 Å². The van der Waals surface area contributed by atoms with Gasteiger partial charge in [-0.25, -0.2) is 4.39 Å². The molecule has 3 nitrogen and oxygen atoms in total. The molecule has 3 N–H and O–H groups in total. The van der Waals surface area contributed by atoms with Gasteiger partial charge in [-0.05, 0) is 5.41 Å². The van der Waals surface area contributed by atoms with E-state index in [0.29, 0.717) is 23.7 Å². The van der Waals surface area contributed by atoms with E-state index < -0.39 is 0 Å². The van der Waals surface area contributed by atoms with Crippen molar-refractivity contribution in [3.8, 4) is 5.75 Å². The number of nitrogens with one attached hydrogen (secondary N) is 1. The monoisotopic (exact) mass is 226 g/mol. The highest BCUT2D eigenvalue weighted by Gasteiger charge is 2.13. The van der Waals surface area contributed by atoms with Crippen LogP contribution in [0.4, 0.5) is 15.8 Å². The van der Waals surface area contributed by atoms with Gasteiger partial charge in [0.15, 0.2) is 0 Å². The van der Waals surface area contributed by atoms with E-state index in [1.807, 2.05) is 0 Å². The van der Waals surface area contributed by atoms with Crippen molar-refractivity contribution < 1.29 is 9.13 Å². The third-order valence-corrected chi connectivity index (χ3v) is 2.13. The Kier molecular flexibility index (Phi) is 3.62. The third kappa shape index (κ3) is 3.29. The lowest BCUT2D eigenvalue weighted by Crippen LogP contribution is -2.19. The summed E-state index contributed by atoms with van der Waals surface area (Å²) in [5.74, 6) is 0.125. The van der Waals surface area contributed by atoms with Gasteiger partial charge < -0.3 is 15.8 Å². The normalized spacial score (nSPS) is 11.3. The maximum absolute atomic E-state index is 13.5. The summed E-state index contributed by atoms with van der Waals surface area (Å²) in [6.45, 7) is 6.91. The maximum Gasteiger partial charge on any atom is 0.148 e. The first kappa shape index (κ1) is 12.6. The van der Waals surface area contributed by atoms with Crippen molar-refractivity contribution in [2.45, 2.75) is 20.8 Å². The number of nitrogens with two attached hydrogens (primary N) is 1. The van der Waals surface area contributed by atoms with E-state index in [0.717, 1.165) is 0 Å². The molecule has 0 saturated heterocycles. The Balaban J connectivity index is 2.88. The van der Waals surface area contributed by atoms with Gasteiger partial charge in [-0.15, -0.1) is 0 Å². The van der Waals surface area contributed by atoms with Gasteiger partial charge in [0, 0.05) is 18.7 Å². The lowest BCUT2D eigenvalue weighted by molar-refractivity contribution is 0.415. The summed E-state index contributed by atoms with van der Waals surface area (Å²) in [5.41, 5.74) is 6.40. The molecule has 4 heteroatoms. The number of hydrogen-bond acceptors (Lipinski definition) is 3. The Labute approximate surface area is 95.8 Å². The van der Waals surface area contributed by atoms with Crippen molar-refractivity contribution in [2.75, 3.05) is 24.7 Å². The van der Waals surface area contributed by atoms with Gasteiger partial charge in [-0.2, -0.15) is 0 Å². The molecule has 0 unspecified atom stereocenters. The van der Waals surface area contributed by atoms with Gasteiger partial charge in [0.25, 0.3) is 0 Å². The van der Waals surface area contributed by atoms with E-state index in [9.17, 15) is 4.39 Å². The predicted octanol–water partition coefficient (Wildman–Crippen LogP) is 2.87. The molecule has 0 fully saturated rings. The number of halogens is 1. The smallest absolute Gasteiger partial charge is 0.148 e. The van der Waals surface area contributed by atoms with Crippen molar-refractivity contribution in [2.24, 2.45) is 5.41 Å². The Morgan fingerprint density at radius 3 is 2.50 bits per heavy atom. The second-order valence-electron chi connectivity index (χ2n) is 4.99.